The number of carbonyl (C=O) groups is 1. The third-order valence-electron chi connectivity index (χ3n) is 4.08. The number of anilines is 2. The second kappa shape index (κ2) is 6.14. The molecule has 0 radical (unpaired) electrons. The minimum absolute atomic E-state index is 0.173. The molecule has 2 aromatic heterocycles. The van der Waals surface area contributed by atoms with E-state index in [0.717, 1.165) is 21.8 Å². The second-order valence-corrected chi connectivity index (χ2v) is 6.83. The first kappa shape index (κ1) is 15.5. The zero-order chi connectivity index (χ0) is 17.4. The van der Waals surface area contributed by atoms with E-state index in [0.29, 0.717) is 11.5 Å². The maximum absolute atomic E-state index is 13.0. The Kier molecular flexibility index (Phi) is 3.81. The maximum atomic E-state index is 13.0. The topological polar surface area (TPSA) is 84.7 Å². The van der Waals surface area contributed by atoms with Gasteiger partial charge in [0.15, 0.2) is 0 Å². The molecule has 1 aromatic carbocycles. The number of nitrogens with zero attached hydrogens (tertiary/aromatic N) is 4. The van der Waals surface area contributed by atoms with Gasteiger partial charge in [0, 0.05) is 16.3 Å². The van der Waals surface area contributed by atoms with Crippen LogP contribution in [-0.4, -0.2) is 26.1 Å². The SMILES string of the molecule is CC1=C(C(=O)Nc2ccc(C)cc2)C(c2cccs2)n2nnnc2N1. The van der Waals surface area contributed by atoms with Crippen LogP contribution in [0.5, 0.6) is 0 Å². The molecule has 7 nitrogen and oxygen atoms in total. The summed E-state index contributed by atoms with van der Waals surface area (Å²) in [6, 6.07) is 11.3. The Labute approximate surface area is 148 Å². The van der Waals surface area contributed by atoms with Gasteiger partial charge in [0.2, 0.25) is 5.95 Å². The normalized spacial score (nSPS) is 16.3. The van der Waals surface area contributed by atoms with Crippen molar-refractivity contribution >= 4 is 28.9 Å². The zero-order valence-electron chi connectivity index (χ0n) is 13.7. The summed E-state index contributed by atoms with van der Waals surface area (Å²) in [7, 11) is 0. The van der Waals surface area contributed by atoms with Crippen molar-refractivity contribution in [2.45, 2.75) is 19.9 Å². The van der Waals surface area contributed by atoms with Crippen LogP contribution in [0.25, 0.3) is 0 Å². The summed E-state index contributed by atoms with van der Waals surface area (Å²) in [6.45, 7) is 3.87. The number of nitrogens with one attached hydrogen (secondary N) is 2. The lowest BCUT2D eigenvalue weighted by Gasteiger charge is -2.26. The van der Waals surface area contributed by atoms with Gasteiger partial charge in [0.1, 0.15) is 6.04 Å². The smallest absolute Gasteiger partial charge is 0.255 e. The van der Waals surface area contributed by atoms with E-state index in [4.69, 9.17) is 0 Å². The molecule has 0 spiro atoms. The van der Waals surface area contributed by atoms with E-state index in [1.165, 1.54) is 0 Å². The molecule has 2 N–H and O–H groups in total. The van der Waals surface area contributed by atoms with Crippen molar-refractivity contribution < 1.29 is 4.79 Å². The Morgan fingerprint density at radius 1 is 1.24 bits per heavy atom. The molecule has 0 bridgehead atoms. The van der Waals surface area contributed by atoms with Crippen LogP contribution in [-0.2, 0) is 4.79 Å². The Balaban J connectivity index is 1.72. The average molecular weight is 352 g/mol. The Hall–Kier alpha value is -3.00. The van der Waals surface area contributed by atoms with Crippen LogP contribution < -0.4 is 10.6 Å². The minimum Gasteiger partial charge on any atom is -0.326 e. The number of fused-ring (bicyclic) bond motifs is 1. The molecule has 3 aromatic rings. The van der Waals surface area contributed by atoms with Crippen molar-refractivity contribution in [3.05, 3.63) is 63.5 Å². The molecule has 0 aliphatic carbocycles. The summed E-state index contributed by atoms with van der Waals surface area (Å²) in [5.41, 5.74) is 3.24. The Bertz CT molecular complexity index is 942. The number of thiophene rings is 1. The molecular formula is C17H16N6OS. The summed E-state index contributed by atoms with van der Waals surface area (Å²) in [6.07, 6.45) is 0. The van der Waals surface area contributed by atoms with Gasteiger partial charge in [0.05, 0.1) is 5.57 Å². The van der Waals surface area contributed by atoms with Gasteiger partial charge < -0.3 is 10.6 Å². The predicted molar refractivity (Wildman–Crippen MR) is 96.4 cm³/mol. The fourth-order valence-corrected chi connectivity index (χ4v) is 3.67. The van der Waals surface area contributed by atoms with Gasteiger partial charge >= 0.3 is 0 Å². The van der Waals surface area contributed by atoms with Crippen LogP contribution in [0.1, 0.15) is 23.4 Å². The average Bonchev–Trinajstić information content (AvgIpc) is 3.26. The second-order valence-electron chi connectivity index (χ2n) is 5.85. The molecule has 1 unspecified atom stereocenters. The van der Waals surface area contributed by atoms with Gasteiger partial charge in [0.25, 0.3) is 5.91 Å². The third kappa shape index (κ3) is 2.80. The molecular weight excluding hydrogens is 336 g/mol. The number of carbonyl (C=O) groups excluding carboxylic acids is 1. The summed E-state index contributed by atoms with van der Waals surface area (Å²) >= 11 is 1.57. The van der Waals surface area contributed by atoms with Crippen molar-refractivity contribution in [1.29, 1.82) is 0 Å². The highest BCUT2D eigenvalue weighted by molar-refractivity contribution is 7.10. The molecule has 126 valence electrons. The summed E-state index contributed by atoms with van der Waals surface area (Å²) < 4.78 is 1.64. The molecule has 0 saturated heterocycles. The van der Waals surface area contributed by atoms with Gasteiger partial charge in [-0.1, -0.05) is 28.9 Å². The van der Waals surface area contributed by atoms with Gasteiger partial charge in [-0.3, -0.25) is 4.79 Å². The number of hydrogen-bond donors (Lipinski definition) is 2. The van der Waals surface area contributed by atoms with E-state index < -0.39 is 0 Å². The summed E-state index contributed by atoms with van der Waals surface area (Å²) in [5, 5.41) is 19.8. The lowest BCUT2D eigenvalue weighted by atomic mass is 10.0. The fourth-order valence-electron chi connectivity index (χ4n) is 2.85. The van der Waals surface area contributed by atoms with Crippen molar-refractivity contribution in [2.24, 2.45) is 0 Å². The molecule has 4 rings (SSSR count). The van der Waals surface area contributed by atoms with Crippen LogP contribution in [0.2, 0.25) is 0 Å². The van der Waals surface area contributed by atoms with Crippen molar-refractivity contribution in [3.63, 3.8) is 0 Å². The Morgan fingerprint density at radius 3 is 2.76 bits per heavy atom. The number of rotatable bonds is 3. The van der Waals surface area contributed by atoms with E-state index in [1.54, 1.807) is 16.0 Å². The van der Waals surface area contributed by atoms with Crippen molar-refractivity contribution in [1.82, 2.24) is 20.2 Å². The van der Waals surface area contributed by atoms with Crippen LogP contribution >= 0.6 is 11.3 Å². The summed E-state index contributed by atoms with van der Waals surface area (Å²) in [4.78, 5) is 14.0. The number of aromatic nitrogens is 4. The number of benzene rings is 1. The van der Waals surface area contributed by atoms with E-state index in [9.17, 15) is 4.79 Å². The summed E-state index contributed by atoms with van der Waals surface area (Å²) in [5.74, 6) is 0.358. The first-order chi connectivity index (χ1) is 12.1. The number of hydrogen-bond acceptors (Lipinski definition) is 6. The zero-order valence-corrected chi connectivity index (χ0v) is 14.5. The fraction of sp³-hybridized carbons (Fsp3) is 0.176. The standard InChI is InChI=1S/C17H16N6OS/c1-10-5-7-12(8-6-10)19-16(24)14-11(2)18-17-20-21-22-23(17)15(14)13-4-3-9-25-13/h3-9,15H,1-2H3,(H,19,24)(H,18,20,22). The lowest BCUT2D eigenvalue weighted by molar-refractivity contribution is -0.113. The number of amides is 1. The third-order valence-corrected chi connectivity index (χ3v) is 5.01. The van der Waals surface area contributed by atoms with Gasteiger partial charge in [-0.05, 0) is 47.9 Å². The quantitative estimate of drug-likeness (QED) is 0.757. The highest BCUT2D eigenvalue weighted by atomic mass is 32.1. The predicted octanol–water partition coefficient (Wildman–Crippen LogP) is 2.97. The van der Waals surface area contributed by atoms with Gasteiger partial charge in [-0.2, -0.15) is 4.68 Å². The molecule has 1 atom stereocenters. The lowest BCUT2D eigenvalue weighted by Crippen LogP contribution is -2.31. The van der Waals surface area contributed by atoms with Crippen LogP contribution in [0.3, 0.4) is 0 Å². The molecule has 0 saturated carbocycles. The highest BCUT2D eigenvalue weighted by Crippen LogP contribution is 2.36. The van der Waals surface area contributed by atoms with E-state index in [2.05, 4.69) is 26.2 Å². The Morgan fingerprint density at radius 2 is 2.04 bits per heavy atom. The molecule has 1 aliphatic heterocycles. The molecule has 1 aliphatic rings. The molecule has 0 fully saturated rings. The number of allylic oxidation sites excluding steroid dienone is 1. The van der Waals surface area contributed by atoms with E-state index >= 15 is 0 Å². The van der Waals surface area contributed by atoms with Crippen LogP contribution in [0.4, 0.5) is 11.6 Å². The van der Waals surface area contributed by atoms with Crippen molar-refractivity contribution in [3.8, 4) is 0 Å². The molecule has 3 heterocycles. The van der Waals surface area contributed by atoms with E-state index in [-0.39, 0.29) is 11.9 Å². The largest absolute Gasteiger partial charge is 0.326 e. The monoisotopic (exact) mass is 352 g/mol. The number of tetrazole rings is 1. The van der Waals surface area contributed by atoms with Crippen molar-refractivity contribution in [2.75, 3.05) is 10.6 Å². The first-order valence-electron chi connectivity index (χ1n) is 7.80. The minimum atomic E-state index is -0.350. The van der Waals surface area contributed by atoms with Gasteiger partial charge in [-0.25, -0.2) is 0 Å². The molecule has 25 heavy (non-hydrogen) atoms. The van der Waals surface area contributed by atoms with Crippen LogP contribution in [0, 0.1) is 6.92 Å². The highest BCUT2D eigenvalue weighted by Gasteiger charge is 2.34. The molecule has 1 amide bonds. The van der Waals surface area contributed by atoms with E-state index in [1.807, 2.05) is 55.6 Å². The molecule has 8 heteroatoms. The maximum Gasteiger partial charge on any atom is 0.255 e. The van der Waals surface area contributed by atoms with Crippen LogP contribution in [0.15, 0.2) is 53.0 Å². The first-order valence-corrected chi connectivity index (χ1v) is 8.68. The number of aryl methyl sites for hydroxylation is 1. The van der Waals surface area contributed by atoms with Gasteiger partial charge in [-0.15, -0.1) is 11.3 Å².